The van der Waals surface area contributed by atoms with E-state index in [1.54, 1.807) is 0 Å². The molecule has 6 nitrogen and oxygen atoms in total. The number of carboxylic acid groups (broad SMARTS) is 1. The van der Waals surface area contributed by atoms with Crippen LogP contribution in [0.3, 0.4) is 0 Å². The van der Waals surface area contributed by atoms with E-state index >= 15 is 0 Å². The van der Waals surface area contributed by atoms with Gasteiger partial charge in [-0.05, 0) is 18.2 Å². The van der Waals surface area contributed by atoms with Crippen molar-refractivity contribution in [3.63, 3.8) is 0 Å². The number of halogens is 2. The van der Waals surface area contributed by atoms with Crippen LogP contribution >= 0.6 is 23.2 Å². The van der Waals surface area contributed by atoms with E-state index in [0.29, 0.717) is 5.76 Å². The Labute approximate surface area is 123 Å². The van der Waals surface area contributed by atoms with E-state index in [-0.39, 0.29) is 28.0 Å². The van der Waals surface area contributed by atoms with E-state index in [9.17, 15) is 9.59 Å². The number of carbonyl (C=O) groups excluding carboxylic acids is 1. The van der Waals surface area contributed by atoms with E-state index in [1.165, 1.54) is 24.4 Å². The first-order valence-electron chi connectivity index (χ1n) is 5.38. The molecule has 0 aromatic carbocycles. The number of hydrogen-bond donors (Lipinski definition) is 2. The number of furan rings is 1. The Bertz CT molecular complexity index is 669. The first kappa shape index (κ1) is 14.4. The predicted octanol–water partition coefficient (Wildman–Crippen LogP) is 2.61. The highest BCUT2D eigenvalue weighted by Crippen LogP contribution is 2.18. The zero-order valence-electron chi connectivity index (χ0n) is 9.89. The summed E-state index contributed by atoms with van der Waals surface area (Å²) in [5, 5.41) is 11.5. The monoisotopic (exact) mass is 314 g/mol. The number of nitrogens with zero attached hydrogens (tertiary/aromatic N) is 1. The van der Waals surface area contributed by atoms with Crippen LogP contribution in [-0.4, -0.2) is 22.0 Å². The van der Waals surface area contributed by atoms with Crippen molar-refractivity contribution in [2.75, 3.05) is 0 Å². The molecule has 0 aliphatic carbocycles. The number of aromatic carboxylic acids is 1. The molecule has 0 fully saturated rings. The number of nitrogens with one attached hydrogen (secondary N) is 1. The molecule has 0 saturated heterocycles. The molecule has 0 aliphatic heterocycles. The minimum atomic E-state index is -1.17. The average Bonchev–Trinajstić information content (AvgIpc) is 2.88. The van der Waals surface area contributed by atoms with Crippen LogP contribution in [0, 0.1) is 0 Å². The number of amides is 1. The SMILES string of the molecule is O=C(O)c1ccc(CNC(=O)c2cc(Cl)ncc2Cl)o1. The summed E-state index contributed by atoms with van der Waals surface area (Å²) in [6.45, 7) is 0.0301. The molecule has 8 heteroatoms. The second-order valence-electron chi connectivity index (χ2n) is 3.74. The van der Waals surface area contributed by atoms with Gasteiger partial charge in [0.2, 0.25) is 5.76 Å². The van der Waals surface area contributed by atoms with Crippen molar-refractivity contribution in [1.29, 1.82) is 0 Å². The van der Waals surface area contributed by atoms with Gasteiger partial charge in [0.05, 0.1) is 17.1 Å². The highest BCUT2D eigenvalue weighted by atomic mass is 35.5. The third kappa shape index (κ3) is 3.28. The molecule has 0 bridgehead atoms. The largest absolute Gasteiger partial charge is 0.475 e. The van der Waals surface area contributed by atoms with Crippen molar-refractivity contribution in [3.05, 3.63) is 51.7 Å². The fourth-order valence-corrected chi connectivity index (χ4v) is 1.78. The second-order valence-corrected chi connectivity index (χ2v) is 4.54. The van der Waals surface area contributed by atoms with Crippen LogP contribution in [0.25, 0.3) is 0 Å². The molecular formula is C12H8Cl2N2O4. The van der Waals surface area contributed by atoms with Gasteiger partial charge in [0, 0.05) is 6.20 Å². The van der Waals surface area contributed by atoms with Crippen molar-refractivity contribution in [1.82, 2.24) is 10.3 Å². The van der Waals surface area contributed by atoms with E-state index < -0.39 is 11.9 Å². The number of carbonyl (C=O) groups is 2. The van der Waals surface area contributed by atoms with Crippen LogP contribution in [0.4, 0.5) is 0 Å². The van der Waals surface area contributed by atoms with Crippen LogP contribution in [-0.2, 0) is 6.54 Å². The zero-order chi connectivity index (χ0) is 14.7. The third-order valence-electron chi connectivity index (χ3n) is 2.36. The van der Waals surface area contributed by atoms with Crippen molar-refractivity contribution in [2.45, 2.75) is 6.54 Å². The zero-order valence-corrected chi connectivity index (χ0v) is 11.4. The molecule has 2 rings (SSSR count). The van der Waals surface area contributed by atoms with Gasteiger partial charge in [-0.15, -0.1) is 0 Å². The number of carboxylic acids is 1. The molecule has 20 heavy (non-hydrogen) atoms. The van der Waals surface area contributed by atoms with Gasteiger partial charge in [-0.2, -0.15) is 0 Å². The van der Waals surface area contributed by atoms with Crippen LogP contribution in [0.2, 0.25) is 10.2 Å². The summed E-state index contributed by atoms with van der Waals surface area (Å²) in [5.74, 6) is -1.52. The summed E-state index contributed by atoms with van der Waals surface area (Å²) in [7, 11) is 0. The first-order chi connectivity index (χ1) is 9.47. The van der Waals surface area contributed by atoms with E-state index in [0.717, 1.165) is 0 Å². The lowest BCUT2D eigenvalue weighted by molar-refractivity contribution is 0.0660. The summed E-state index contributed by atoms with van der Waals surface area (Å²) in [4.78, 5) is 26.3. The maximum absolute atomic E-state index is 11.9. The smallest absolute Gasteiger partial charge is 0.371 e. The average molecular weight is 315 g/mol. The van der Waals surface area contributed by atoms with Crippen LogP contribution < -0.4 is 5.32 Å². The second kappa shape index (κ2) is 5.94. The topological polar surface area (TPSA) is 92.4 Å². The highest BCUT2D eigenvalue weighted by molar-refractivity contribution is 6.35. The van der Waals surface area contributed by atoms with Gasteiger partial charge in [0.1, 0.15) is 10.9 Å². The Balaban J connectivity index is 2.04. The number of hydrogen-bond acceptors (Lipinski definition) is 4. The number of rotatable bonds is 4. The number of aromatic nitrogens is 1. The Morgan fingerprint density at radius 1 is 1.35 bits per heavy atom. The summed E-state index contributed by atoms with van der Waals surface area (Å²) in [5.41, 5.74) is 0.177. The molecule has 0 radical (unpaired) electrons. The molecule has 2 aromatic rings. The molecule has 0 atom stereocenters. The molecule has 2 aromatic heterocycles. The minimum Gasteiger partial charge on any atom is -0.475 e. The lowest BCUT2D eigenvalue weighted by Gasteiger charge is -2.05. The van der Waals surface area contributed by atoms with Crippen molar-refractivity contribution < 1.29 is 19.1 Å². The lowest BCUT2D eigenvalue weighted by atomic mass is 10.2. The van der Waals surface area contributed by atoms with Crippen LogP contribution in [0.1, 0.15) is 26.7 Å². The Morgan fingerprint density at radius 3 is 2.75 bits per heavy atom. The molecule has 0 spiro atoms. The van der Waals surface area contributed by atoms with Crippen molar-refractivity contribution in [3.8, 4) is 0 Å². The standard InChI is InChI=1S/C12H8Cl2N2O4/c13-8-5-15-10(14)3-7(8)11(17)16-4-6-1-2-9(20-6)12(18)19/h1-3,5H,4H2,(H,16,17)(H,18,19). The first-order valence-corrected chi connectivity index (χ1v) is 6.14. The van der Waals surface area contributed by atoms with Gasteiger partial charge >= 0.3 is 5.97 Å². The molecule has 104 valence electrons. The molecule has 1 amide bonds. The highest BCUT2D eigenvalue weighted by Gasteiger charge is 2.13. The molecule has 0 saturated carbocycles. The maximum Gasteiger partial charge on any atom is 0.371 e. The van der Waals surface area contributed by atoms with Gasteiger partial charge in [0.15, 0.2) is 0 Å². The summed E-state index contributed by atoms with van der Waals surface area (Å²) >= 11 is 11.5. The van der Waals surface area contributed by atoms with Gasteiger partial charge < -0.3 is 14.8 Å². The van der Waals surface area contributed by atoms with E-state index in [4.69, 9.17) is 32.7 Å². The Kier molecular flexibility index (Phi) is 4.26. The third-order valence-corrected chi connectivity index (χ3v) is 2.87. The van der Waals surface area contributed by atoms with E-state index in [1.807, 2.05) is 0 Å². The molecule has 2 N–H and O–H groups in total. The van der Waals surface area contributed by atoms with Crippen molar-refractivity contribution in [2.24, 2.45) is 0 Å². The molecule has 0 aliphatic rings. The fraction of sp³-hybridized carbons (Fsp3) is 0.0833. The van der Waals surface area contributed by atoms with Gasteiger partial charge in [-0.1, -0.05) is 23.2 Å². The number of pyridine rings is 1. The van der Waals surface area contributed by atoms with Gasteiger partial charge in [-0.3, -0.25) is 4.79 Å². The van der Waals surface area contributed by atoms with Gasteiger partial charge in [0.25, 0.3) is 5.91 Å². The fourth-order valence-electron chi connectivity index (χ4n) is 1.44. The Hall–Kier alpha value is -2.05. The van der Waals surface area contributed by atoms with Gasteiger partial charge in [-0.25, -0.2) is 9.78 Å². The minimum absolute atomic E-state index is 0.0301. The summed E-state index contributed by atoms with van der Waals surface area (Å²) in [6.07, 6.45) is 1.27. The van der Waals surface area contributed by atoms with Crippen LogP contribution in [0.5, 0.6) is 0 Å². The van der Waals surface area contributed by atoms with Crippen LogP contribution in [0.15, 0.2) is 28.8 Å². The quantitative estimate of drug-likeness (QED) is 0.846. The normalized spacial score (nSPS) is 10.3. The Morgan fingerprint density at radius 2 is 2.10 bits per heavy atom. The lowest BCUT2D eigenvalue weighted by Crippen LogP contribution is -2.23. The van der Waals surface area contributed by atoms with Crippen molar-refractivity contribution >= 4 is 35.1 Å². The maximum atomic E-state index is 11.9. The summed E-state index contributed by atoms with van der Waals surface area (Å²) < 4.78 is 5.00. The predicted molar refractivity (Wildman–Crippen MR) is 71.1 cm³/mol. The summed E-state index contributed by atoms with van der Waals surface area (Å²) in [6, 6.07) is 4.11. The molecule has 2 heterocycles. The molecular weight excluding hydrogens is 307 g/mol. The molecule has 0 unspecified atom stereocenters. The van der Waals surface area contributed by atoms with E-state index in [2.05, 4.69) is 10.3 Å².